The summed E-state index contributed by atoms with van der Waals surface area (Å²) in [7, 11) is -3.58. The van der Waals surface area contributed by atoms with Gasteiger partial charge in [-0.1, -0.05) is 12.1 Å². The number of morpholine rings is 1. The van der Waals surface area contributed by atoms with Gasteiger partial charge >= 0.3 is 5.76 Å². The third kappa shape index (κ3) is 4.16. The van der Waals surface area contributed by atoms with Gasteiger partial charge in [-0.2, -0.15) is 4.31 Å². The van der Waals surface area contributed by atoms with Crippen molar-refractivity contribution in [3.63, 3.8) is 0 Å². The first kappa shape index (κ1) is 20.3. The Morgan fingerprint density at radius 1 is 1.03 bits per heavy atom. The van der Waals surface area contributed by atoms with E-state index < -0.39 is 15.8 Å². The van der Waals surface area contributed by atoms with Crippen molar-refractivity contribution in [2.24, 2.45) is 0 Å². The summed E-state index contributed by atoms with van der Waals surface area (Å²) in [5.74, 6) is -0.808. The lowest BCUT2D eigenvalue weighted by Crippen LogP contribution is -2.40. The summed E-state index contributed by atoms with van der Waals surface area (Å²) in [6, 6.07) is 13.0. The zero-order chi connectivity index (χ0) is 21.1. The number of amides is 1. The standard InChI is InChI=1S/C20H21N3O6S/c24-19(9-10-23-17-3-1-2-4-18(17)29-20(23)25)21-15-5-7-16(8-6-15)30(26,27)22-11-13-28-14-12-22/h1-8H,9-14H2,(H,21,24). The Bertz CT molecular complexity index is 1210. The van der Waals surface area contributed by atoms with Crippen LogP contribution < -0.4 is 11.1 Å². The van der Waals surface area contributed by atoms with E-state index in [2.05, 4.69) is 5.32 Å². The van der Waals surface area contributed by atoms with E-state index >= 15 is 0 Å². The first-order valence-corrected chi connectivity index (χ1v) is 11.0. The maximum Gasteiger partial charge on any atom is 0.419 e. The zero-order valence-corrected chi connectivity index (χ0v) is 16.9. The number of nitrogens with zero attached hydrogens (tertiary/aromatic N) is 2. The molecule has 2 heterocycles. The van der Waals surface area contributed by atoms with Crippen LogP contribution in [0.2, 0.25) is 0 Å². The number of anilines is 1. The molecule has 1 fully saturated rings. The SMILES string of the molecule is O=C(CCn1c(=O)oc2ccccc21)Nc1ccc(S(=O)(=O)N2CCOCC2)cc1. The summed E-state index contributed by atoms with van der Waals surface area (Å²) < 4.78 is 38.4. The molecule has 0 radical (unpaired) electrons. The lowest BCUT2D eigenvalue weighted by molar-refractivity contribution is -0.116. The molecule has 9 nitrogen and oxygen atoms in total. The van der Waals surface area contributed by atoms with Crippen molar-refractivity contribution in [1.82, 2.24) is 8.87 Å². The molecule has 0 spiro atoms. The number of carbonyl (C=O) groups is 1. The number of ether oxygens (including phenoxy) is 1. The summed E-state index contributed by atoms with van der Waals surface area (Å²) in [4.78, 5) is 24.4. The molecule has 1 aliphatic rings. The molecule has 1 aromatic heterocycles. The van der Waals surface area contributed by atoms with Crippen molar-refractivity contribution in [2.75, 3.05) is 31.6 Å². The molecule has 0 unspecified atom stereocenters. The summed E-state index contributed by atoms with van der Waals surface area (Å²) >= 11 is 0. The van der Waals surface area contributed by atoms with Gasteiger partial charge in [0, 0.05) is 31.7 Å². The number of carbonyl (C=O) groups excluding carboxylic acids is 1. The molecular weight excluding hydrogens is 410 g/mol. The average Bonchev–Trinajstić information content (AvgIpc) is 3.08. The molecule has 1 amide bonds. The number of nitrogens with one attached hydrogen (secondary N) is 1. The van der Waals surface area contributed by atoms with Gasteiger partial charge in [-0.15, -0.1) is 0 Å². The monoisotopic (exact) mass is 431 g/mol. The molecule has 0 aliphatic carbocycles. The van der Waals surface area contributed by atoms with Crippen LogP contribution in [0.1, 0.15) is 6.42 Å². The summed E-state index contributed by atoms with van der Waals surface area (Å²) in [5.41, 5.74) is 1.58. The van der Waals surface area contributed by atoms with Crippen molar-refractivity contribution in [1.29, 1.82) is 0 Å². The number of hydrogen-bond donors (Lipinski definition) is 1. The Balaban J connectivity index is 1.39. The summed E-state index contributed by atoms with van der Waals surface area (Å²) in [5, 5.41) is 2.72. The van der Waals surface area contributed by atoms with Crippen LogP contribution in [0.3, 0.4) is 0 Å². The lowest BCUT2D eigenvalue weighted by Gasteiger charge is -2.26. The van der Waals surface area contributed by atoms with Crippen LogP contribution >= 0.6 is 0 Å². The Morgan fingerprint density at radius 3 is 2.47 bits per heavy atom. The Hall–Kier alpha value is -2.95. The second-order valence-corrected chi connectivity index (χ2v) is 8.76. The van der Waals surface area contributed by atoms with E-state index in [1.165, 1.54) is 21.0 Å². The number of para-hydroxylation sites is 2. The maximum absolute atomic E-state index is 12.6. The number of oxazole rings is 1. The van der Waals surface area contributed by atoms with Gasteiger partial charge in [0.15, 0.2) is 5.58 Å². The van der Waals surface area contributed by atoms with Crippen molar-refractivity contribution in [3.05, 3.63) is 59.1 Å². The van der Waals surface area contributed by atoms with E-state index in [1.54, 1.807) is 36.4 Å². The normalized spacial score (nSPS) is 15.3. The lowest BCUT2D eigenvalue weighted by atomic mass is 10.3. The molecule has 2 aromatic carbocycles. The first-order chi connectivity index (χ1) is 14.4. The van der Waals surface area contributed by atoms with Crippen LogP contribution in [0.5, 0.6) is 0 Å². The van der Waals surface area contributed by atoms with E-state index in [4.69, 9.17) is 9.15 Å². The third-order valence-corrected chi connectivity index (χ3v) is 6.79. The zero-order valence-electron chi connectivity index (χ0n) is 16.1. The van der Waals surface area contributed by atoms with Gasteiger partial charge in [0.05, 0.1) is 23.6 Å². The molecule has 0 atom stereocenters. The Labute approximate surface area is 172 Å². The van der Waals surface area contributed by atoms with Gasteiger partial charge < -0.3 is 14.5 Å². The molecule has 4 rings (SSSR count). The number of rotatable bonds is 6. The van der Waals surface area contributed by atoms with E-state index in [0.29, 0.717) is 43.1 Å². The topological polar surface area (TPSA) is 111 Å². The molecule has 1 aliphatic heterocycles. The number of aryl methyl sites for hydroxylation is 1. The van der Waals surface area contributed by atoms with E-state index in [1.807, 2.05) is 0 Å². The quantitative estimate of drug-likeness (QED) is 0.635. The predicted molar refractivity (Wildman–Crippen MR) is 110 cm³/mol. The molecule has 158 valence electrons. The smallest absolute Gasteiger partial charge is 0.408 e. The highest BCUT2D eigenvalue weighted by Crippen LogP contribution is 2.19. The fraction of sp³-hybridized carbons (Fsp3) is 0.300. The van der Waals surface area contributed by atoms with E-state index in [9.17, 15) is 18.0 Å². The van der Waals surface area contributed by atoms with Crippen molar-refractivity contribution < 1.29 is 22.4 Å². The van der Waals surface area contributed by atoms with Gasteiger partial charge in [-0.3, -0.25) is 9.36 Å². The molecule has 3 aromatic rings. The molecule has 10 heteroatoms. The van der Waals surface area contributed by atoms with Gasteiger partial charge in [0.1, 0.15) is 0 Å². The fourth-order valence-corrected chi connectivity index (χ4v) is 4.72. The maximum atomic E-state index is 12.6. The Morgan fingerprint density at radius 2 is 1.73 bits per heavy atom. The van der Waals surface area contributed by atoms with Crippen LogP contribution in [0.15, 0.2) is 62.6 Å². The number of benzene rings is 2. The van der Waals surface area contributed by atoms with Gasteiger partial charge in [0.25, 0.3) is 0 Å². The Kier molecular flexibility index (Phi) is 5.71. The highest BCUT2D eigenvalue weighted by molar-refractivity contribution is 7.89. The molecule has 0 bridgehead atoms. The molecule has 1 saturated heterocycles. The number of sulfonamides is 1. The highest BCUT2D eigenvalue weighted by atomic mass is 32.2. The van der Waals surface area contributed by atoms with Crippen LogP contribution in [-0.2, 0) is 26.1 Å². The minimum atomic E-state index is -3.58. The number of fused-ring (bicyclic) bond motifs is 1. The summed E-state index contributed by atoms with van der Waals surface area (Å²) in [6.45, 7) is 1.57. The van der Waals surface area contributed by atoms with Crippen LogP contribution in [-0.4, -0.2) is 49.5 Å². The van der Waals surface area contributed by atoms with Crippen LogP contribution in [0.25, 0.3) is 11.1 Å². The van der Waals surface area contributed by atoms with Crippen molar-refractivity contribution >= 4 is 32.7 Å². The van der Waals surface area contributed by atoms with Crippen molar-refractivity contribution in [3.8, 4) is 0 Å². The number of aromatic nitrogens is 1. The van der Waals surface area contributed by atoms with Gasteiger partial charge in [0.2, 0.25) is 15.9 Å². The largest absolute Gasteiger partial charge is 0.419 e. The first-order valence-electron chi connectivity index (χ1n) is 9.51. The van der Waals surface area contributed by atoms with Crippen LogP contribution in [0, 0.1) is 0 Å². The van der Waals surface area contributed by atoms with E-state index in [0.717, 1.165) is 0 Å². The van der Waals surface area contributed by atoms with Crippen molar-refractivity contribution in [2.45, 2.75) is 17.9 Å². The third-order valence-electron chi connectivity index (χ3n) is 4.88. The van der Waals surface area contributed by atoms with Gasteiger partial charge in [-0.25, -0.2) is 13.2 Å². The second-order valence-electron chi connectivity index (χ2n) is 6.83. The number of hydrogen-bond acceptors (Lipinski definition) is 6. The molecule has 0 saturated carbocycles. The second kappa shape index (κ2) is 8.42. The minimum absolute atomic E-state index is 0.0667. The summed E-state index contributed by atoms with van der Waals surface area (Å²) in [6.07, 6.45) is 0.0667. The average molecular weight is 431 g/mol. The molecular formula is C20H21N3O6S. The minimum Gasteiger partial charge on any atom is -0.408 e. The predicted octanol–water partition coefficient (Wildman–Crippen LogP) is 1.64. The molecule has 1 N–H and O–H groups in total. The van der Waals surface area contributed by atoms with Gasteiger partial charge in [-0.05, 0) is 36.4 Å². The fourth-order valence-electron chi connectivity index (χ4n) is 3.31. The van der Waals surface area contributed by atoms with E-state index in [-0.39, 0.29) is 23.8 Å². The highest BCUT2D eigenvalue weighted by Gasteiger charge is 2.26. The molecule has 30 heavy (non-hydrogen) atoms. The van der Waals surface area contributed by atoms with Crippen LogP contribution in [0.4, 0.5) is 5.69 Å².